The predicted octanol–water partition coefficient (Wildman–Crippen LogP) is 5.71. The van der Waals surface area contributed by atoms with E-state index in [0.29, 0.717) is 0 Å². The lowest BCUT2D eigenvalue weighted by Crippen LogP contribution is -2.75. The summed E-state index contributed by atoms with van der Waals surface area (Å²) in [7, 11) is 0. The lowest BCUT2D eigenvalue weighted by molar-refractivity contribution is -0.459. The molecule has 0 atom stereocenters. The van der Waals surface area contributed by atoms with E-state index in [1.165, 1.54) is 6.07 Å². The van der Waals surface area contributed by atoms with Gasteiger partial charge in [-0.2, -0.15) is 74.6 Å². The Hall–Kier alpha value is -2.57. The molecule has 0 spiro atoms. The molecule has 35 heavy (non-hydrogen) atoms. The van der Waals surface area contributed by atoms with Crippen molar-refractivity contribution < 1.29 is 79.4 Å². The van der Waals surface area contributed by atoms with Crippen LogP contribution in [-0.2, 0) is 11.3 Å². The fourth-order valence-electron chi connectivity index (χ4n) is 2.09. The van der Waals surface area contributed by atoms with Crippen molar-refractivity contribution in [3.63, 3.8) is 0 Å². The first-order chi connectivity index (χ1) is 15.2. The summed E-state index contributed by atoms with van der Waals surface area (Å²) in [4.78, 5) is 14.6. The molecule has 0 aromatic carbocycles. The molecule has 0 aliphatic heterocycles. The number of nitrogens with one attached hydrogen (secondary N) is 1. The van der Waals surface area contributed by atoms with Gasteiger partial charge >= 0.3 is 47.6 Å². The molecule has 0 saturated heterocycles. The fourth-order valence-corrected chi connectivity index (χ4v) is 2.09. The molecule has 0 fully saturated rings. The largest absolute Gasteiger partial charge is 0.460 e. The Morgan fingerprint density at radius 1 is 0.629 bits per heavy atom. The second-order valence-corrected chi connectivity index (χ2v) is 6.52. The molecule has 202 valence electrons. The zero-order chi connectivity index (χ0) is 28.1. The van der Waals surface area contributed by atoms with Crippen LogP contribution in [-0.4, -0.2) is 58.5 Å². The van der Waals surface area contributed by atoms with Crippen LogP contribution in [0.5, 0.6) is 0 Å². The highest BCUT2D eigenvalue weighted by molar-refractivity contribution is 5.84. The van der Waals surface area contributed by atoms with Gasteiger partial charge in [-0.05, 0) is 12.1 Å². The Morgan fingerprint density at radius 3 is 1.40 bits per heavy atom. The average Bonchev–Trinajstić information content (AvgIpc) is 2.70. The first-order valence-corrected chi connectivity index (χ1v) is 8.14. The molecule has 20 heteroatoms. The van der Waals surface area contributed by atoms with Gasteiger partial charge in [0.2, 0.25) is 0 Å². The Balaban J connectivity index is 3.47. The summed E-state index contributed by atoms with van der Waals surface area (Å²) in [5.74, 6) is -61.6. The maximum absolute atomic E-state index is 13.7. The molecule has 0 aliphatic carbocycles. The van der Waals surface area contributed by atoms with Crippen molar-refractivity contribution in [3.8, 4) is 0 Å². The first-order valence-electron chi connectivity index (χ1n) is 8.14. The highest BCUT2D eigenvalue weighted by atomic mass is 19.4. The standard InChI is InChI=1S/C15H7F17N2O/c16-8(17,7(35)34-5-6-3-1-2-4-33-6)9(18,19)10(20,21)11(22,23)12(24,25)13(26,27)14(28,29)15(30,31)32/h1-4H,5H2,(H,34,35). The van der Waals surface area contributed by atoms with Gasteiger partial charge in [-0.1, -0.05) is 6.07 Å². The third kappa shape index (κ3) is 4.31. The van der Waals surface area contributed by atoms with Gasteiger partial charge in [0.25, 0.3) is 5.91 Å². The van der Waals surface area contributed by atoms with Crippen LogP contribution in [0.4, 0.5) is 74.6 Å². The molecule has 1 aromatic heterocycles. The average molecular weight is 554 g/mol. The van der Waals surface area contributed by atoms with Crippen LogP contribution >= 0.6 is 0 Å². The van der Waals surface area contributed by atoms with Crippen LogP contribution in [0.1, 0.15) is 5.69 Å². The zero-order valence-electron chi connectivity index (χ0n) is 15.8. The summed E-state index contributed by atoms with van der Waals surface area (Å²) in [5.41, 5.74) is -0.447. The van der Waals surface area contributed by atoms with Crippen molar-refractivity contribution in [2.75, 3.05) is 0 Å². The number of rotatable bonds is 9. The number of nitrogens with zero attached hydrogens (tertiary/aromatic N) is 1. The van der Waals surface area contributed by atoms with Crippen LogP contribution in [0.2, 0.25) is 0 Å². The van der Waals surface area contributed by atoms with Crippen molar-refractivity contribution in [2.24, 2.45) is 0 Å². The highest BCUT2D eigenvalue weighted by Crippen LogP contribution is 2.63. The van der Waals surface area contributed by atoms with E-state index in [9.17, 15) is 79.4 Å². The molecule has 1 amide bonds. The van der Waals surface area contributed by atoms with E-state index in [-0.39, 0.29) is 0 Å². The van der Waals surface area contributed by atoms with Crippen LogP contribution < -0.4 is 5.32 Å². The van der Waals surface area contributed by atoms with E-state index < -0.39 is 65.8 Å². The summed E-state index contributed by atoms with van der Waals surface area (Å²) in [6.45, 7) is -1.29. The summed E-state index contributed by atoms with van der Waals surface area (Å²) in [5, 5.41) is 0.768. The van der Waals surface area contributed by atoms with E-state index >= 15 is 0 Å². The number of carbonyl (C=O) groups is 1. The number of alkyl halides is 17. The maximum Gasteiger partial charge on any atom is 0.460 e. The van der Waals surface area contributed by atoms with E-state index in [1.54, 1.807) is 0 Å². The number of aromatic nitrogens is 1. The van der Waals surface area contributed by atoms with Gasteiger partial charge in [-0.25, -0.2) is 0 Å². The molecule has 1 aromatic rings. The second-order valence-electron chi connectivity index (χ2n) is 6.52. The molecule has 3 nitrogen and oxygen atoms in total. The number of amides is 1. The van der Waals surface area contributed by atoms with E-state index in [1.807, 2.05) is 0 Å². The van der Waals surface area contributed by atoms with Crippen LogP contribution in [0, 0.1) is 0 Å². The summed E-state index contributed by atoms with van der Waals surface area (Å²) >= 11 is 0. The Kier molecular flexibility index (Phi) is 7.42. The lowest BCUT2D eigenvalue weighted by Gasteiger charge is -2.42. The van der Waals surface area contributed by atoms with Gasteiger partial charge in [0, 0.05) is 6.20 Å². The van der Waals surface area contributed by atoms with Crippen LogP contribution in [0.3, 0.4) is 0 Å². The minimum Gasteiger partial charge on any atom is -0.345 e. The molecule has 0 unspecified atom stereocenters. The normalized spacial score (nSPS) is 15.2. The topological polar surface area (TPSA) is 42.0 Å². The fraction of sp³-hybridized carbons (Fsp3) is 0.600. The Labute approximate surface area is 181 Å². The molecule has 0 radical (unpaired) electrons. The zero-order valence-corrected chi connectivity index (χ0v) is 15.8. The highest BCUT2D eigenvalue weighted by Gasteiger charge is 2.95. The maximum atomic E-state index is 13.7. The second kappa shape index (κ2) is 8.52. The van der Waals surface area contributed by atoms with E-state index in [4.69, 9.17) is 0 Å². The van der Waals surface area contributed by atoms with E-state index in [2.05, 4.69) is 4.98 Å². The van der Waals surface area contributed by atoms with Crippen LogP contribution in [0.15, 0.2) is 24.4 Å². The summed E-state index contributed by atoms with van der Waals surface area (Å²) < 4.78 is 223. The van der Waals surface area contributed by atoms with Crippen molar-refractivity contribution >= 4 is 5.91 Å². The van der Waals surface area contributed by atoms with Gasteiger partial charge < -0.3 is 5.32 Å². The SMILES string of the molecule is O=C(NCc1ccccn1)C(F)(F)C(F)(F)C(F)(F)C(F)(F)C(F)(F)C(F)(F)C(F)(F)C(F)(F)F. The van der Waals surface area contributed by atoms with Crippen molar-refractivity contribution in [2.45, 2.75) is 54.2 Å². The number of carbonyl (C=O) groups excluding carboxylic acids is 1. The summed E-state index contributed by atoms with van der Waals surface area (Å²) in [6, 6.07) is 3.20. The molecule has 1 rings (SSSR count). The summed E-state index contributed by atoms with van der Waals surface area (Å²) in [6.07, 6.45) is -6.91. The number of pyridine rings is 1. The molecule has 0 saturated carbocycles. The number of hydrogen-bond donors (Lipinski definition) is 1. The minimum absolute atomic E-state index is 0.447. The third-order valence-corrected chi connectivity index (χ3v) is 4.16. The minimum atomic E-state index is -8.74. The van der Waals surface area contributed by atoms with E-state index in [0.717, 1.165) is 23.6 Å². The monoisotopic (exact) mass is 554 g/mol. The van der Waals surface area contributed by atoms with Crippen LogP contribution in [0.25, 0.3) is 0 Å². The predicted molar refractivity (Wildman–Crippen MR) is 76.8 cm³/mol. The van der Waals surface area contributed by atoms with Gasteiger partial charge in [-0.3, -0.25) is 9.78 Å². The Bertz CT molecular complexity index is 910. The van der Waals surface area contributed by atoms with Gasteiger partial charge in [0.1, 0.15) is 0 Å². The number of halogens is 17. The van der Waals surface area contributed by atoms with Gasteiger partial charge in [-0.15, -0.1) is 0 Å². The van der Waals surface area contributed by atoms with Crippen molar-refractivity contribution in [1.29, 1.82) is 0 Å². The third-order valence-electron chi connectivity index (χ3n) is 4.16. The first kappa shape index (κ1) is 30.5. The van der Waals surface area contributed by atoms with Crippen molar-refractivity contribution in [1.82, 2.24) is 10.3 Å². The number of hydrogen-bond acceptors (Lipinski definition) is 2. The molecular weight excluding hydrogens is 547 g/mol. The smallest absolute Gasteiger partial charge is 0.345 e. The Morgan fingerprint density at radius 2 is 1.03 bits per heavy atom. The van der Waals surface area contributed by atoms with Crippen molar-refractivity contribution in [3.05, 3.63) is 30.1 Å². The molecule has 0 bridgehead atoms. The molecule has 1 heterocycles. The van der Waals surface area contributed by atoms with Gasteiger partial charge in [0.15, 0.2) is 0 Å². The molecular formula is C15H7F17N2O. The quantitative estimate of drug-likeness (QED) is 0.398. The molecule has 1 N–H and O–H groups in total. The van der Waals surface area contributed by atoms with Gasteiger partial charge in [0.05, 0.1) is 12.2 Å². The molecule has 0 aliphatic rings. The lowest BCUT2D eigenvalue weighted by atomic mass is 9.89.